The molecule has 7 heteroatoms. The van der Waals surface area contributed by atoms with Crippen LogP contribution in [0.2, 0.25) is 5.02 Å². The van der Waals surface area contributed by atoms with E-state index in [9.17, 15) is 15.0 Å². The molecule has 186 valence electrons. The monoisotopic (exact) mass is 495 g/mol. The van der Waals surface area contributed by atoms with Crippen molar-refractivity contribution in [3.05, 3.63) is 58.6 Å². The maximum absolute atomic E-state index is 13.5. The molecule has 2 N–H and O–H groups in total. The highest BCUT2D eigenvalue weighted by atomic mass is 35.5. The van der Waals surface area contributed by atoms with Gasteiger partial charge in [-0.15, -0.1) is 0 Å². The van der Waals surface area contributed by atoms with Gasteiger partial charge in [0.15, 0.2) is 0 Å². The summed E-state index contributed by atoms with van der Waals surface area (Å²) in [5.74, 6) is 1.00. The largest absolute Gasteiger partial charge is 0.508 e. The van der Waals surface area contributed by atoms with Crippen LogP contribution in [0.4, 0.5) is 10.5 Å². The predicted molar refractivity (Wildman–Crippen MR) is 137 cm³/mol. The lowest BCUT2D eigenvalue weighted by atomic mass is 9.52. The van der Waals surface area contributed by atoms with Gasteiger partial charge >= 0.3 is 6.03 Å². The number of aromatic hydroxyl groups is 1. The summed E-state index contributed by atoms with van der Waals surface area (Å²) in [4.78, 5) is 19.6. The number of hydrogen-bond donors (Lipinski definition) is 2. The summed E-state index contributed by atoms with van der Waals surface area (Å²) in [5.41, 5.74) is 1.72. The Morgan fingerprint density at radius 2 is 1.80 bits per heavy atom. The molecule has 3 atom stereocenters. The lowest BCUT2D eigenvalue weighted by Crippen LogP contribution is -2.71. The van der Waals surface area contributed by atoms with E-state index >= 15 is 0 Å². The van der Waals surface area contributed by atoms with Crippen molar-refractivity contribution in [2.75, 3.05) is 38.1 Å². The molecule has 6 rings (SSSR count). The Balaban J connectivity index is 1.34. The van der Waals surface area contributed by atoms with Gasteiger partial charge < -0.3 is 15.1 Å². The summed E-state index contributed by atoms with van der Waals surface area (Å²) in [6, 6.07) is 13.0. The molecule has 1 saturated carbocycles. The fraction of sp³-hybridized carbons (Fsp3) is 0.536. The Bertz CT molecular complexity index is 1140. The van der Waals surface area contributed by atoms with Gasteiger partial charge in [-0.1, -0.05) is 17.7 Å². The molecular formula is C28H34ClN3O3. The lowest BCUT2D eigenvalue weighted by molar-refractivity contribution is -0.149. The first-order chi connectivity index (χ1) is 16.8. The van der Waals surface area contributed by atoms with Gasteiger partial charge in [-0.05, 0) is 98.5 Å². The topological polar surface area (TPSA) is 67.3 Å². The number of fused-ring (bicyclic) bond motifs is 1. The van der Waals surface area contributed by atoms with Crippen LogP contribution in [0.25, 0.3) is 0 Å². The summed E-state index contributed by atoms with van der Waals surface area (Å²) in [6.07, 6.45) is 5.44. The van der Waals surface area contributed by atoms with Crippen LogP contribution < -0.4 is 4.90 Å². The van der Waals surface area contributed by atoms with Gasteiger partial charge in [-0.2, -0.15) is 0 Å². The summed E-state index contributed by atoms with van der Waals surface area (Å²) >= 11 is 6.04. The molecule has 2 amide bonds. The third-order valence-corrected chi connectivity index (χ3v) is 9.45. The van der Waals surface area contributed by atoms with Crippen LogP contribution in [0.15, 0.2) is 42.5 Å². The number of urea groups is 1. The lowest BCUT2D eigenvalue weighted by Gasteiger charge is -2.61. The summed E-state index contributed by atoms with van der Waals surface area (Å²) in [6.45, 7) is 3.09. The van der Waals surface area contributed by atoms with E-state index in [1.165, 1.54) is 18.4 Å². The van der Waals surface area contributed by atoms with E-state index < -0.39 is 11.0 Å². The number of nitrogens with zero attached hydrogens (tertiary/aromatic N) is 3. The normalized spacial score (nSPS) is 30.3. The second-order valence-corrected chi connectivity index (χ2v) is 11.5. The van der Waals surface area contributed by atoms with Gasteiger partial charge in [-0.3, -0.25) is 9.80 Å². The Hall–Kier alpha value is -2.28. The number of benzene rings is 2. The van der Waals surface area contributed by atoms with Crippen LogP contribution in [-0.4, -0.2) is 70.9 Å². The molecule has 2 bridgehead atoms. The molecule has 0 unspecified atom stereocenters. The van der Waals surface area contributed by atoms with E-state index in [4.69, 9.17) is 11.6 Å². The Morgan fingerprint density at radius 3 is 2.54 bits per heavy atom. The molecule has 3 fully saturated rings. The SMILES string of the molecule is CN(C(=O)N1CC[C@]23CCN(CC4CC4)[C@H](Cc4ccc(O)cc42)[C@]3(O)CC1)c1ccc(Cl)cc1. The third-order valence-electron chi connectivity index (χ3n) is 9.20. The number of phenolic OH excluding ortho intramolecular Hbond substituents is 1. The zero-order valence-electron chi connectivity index (χ0n) is 20.3. The van der Waals surface area contributed by atoms with Crippen molar-refractivity contribution in [2.24, 2.45) is 5.92 Å². The van der Waals surface area contributed by atoms with Gasteiger partial charge in [0.2, 0.25) is 0 Å². The van der Waals surface area contributed by atoms with Crippen molar-refractivity contribution < 1.29 is 15.0 Å². The van der Waals surface area contributed by atoms with E-state index in [1.54, 1.807) is 30.1 Å². The van der Waals surface area contributed by atoms with Gasteiger partial charge in [0.25, 0.3) is 0 Å². The Kier molecular flexibility index (Phi) is 5.55. The van der Waals surface area contributed by atoms with Crippen LogP contribution in [0, 0.1) is 5.92 Å². The van der Waals surface area contributed by atoms with E-state index in [1.807, 2.05) is 29.2 Å². The second-order valence-electron chi connectivity index (χ2n) is 11.1. The molecule has 4 aliphatic rings. The van der Waals surface area contributed by atoms with Crippen molar-refractivity contribution in [2.45, 2.75) is 55.6 Å². The molecule has 0 spiro atoms. The van der Waals surface area contributed by atoms with E-state index in [-0.39, 0.29) is 17.8 Å². The predicted octanol–water partition coefficient (Wildman–Crippen LogP) is 4.41. The third kappa shape index (κ3) is 3.73. The zero-order chi connectivity index (χ0) is 24.4. The highest BCUT2D eigenvalue weighted by Crippen LogP contribution is 2.56. The fourth-order valence-electron chi connectivity index (χ4n) is 7.04. The Labute approximate surface area is 212 Å². The molecule has 0 aromatic heterocycles. The van der Waals surface area contributed by atoms with Crippen LogP contribution in [0.3, 0.4) is 0 Å². The highest BCUT2D eigenvalue weighted by Gasteiger charge is 2.63. The zero-order valence-corrected chi connectivity index (χ0v) is 21.0. The number of aliphatic hydroxyl groups is 1. The Morgan fingerprint density at radius 1 is 1.09 bits per heavy atom. The average Bonchev–Trinajstić information content (AvgIpc) is 3.67. The van der Waals surface area contributed by atoms with Gasteiger partial charge in [0.1, 0.15) is 5.75 Å². The van der Waals surface area contributed by atoms with E-state index in [0.717, 1.165) is 43.1 Å². The maximum atomic E-state index is 13.5. The minimum absolute atomic E-state index is 0.0398. The number of piperidine rings is 1. The minimum atomic E-state index is -0.936. The molecule has 35 heavy (non-hydrogen) atoms. The second kappa shape index (κ2) is 8.39. The number of carbonyl (C=O) groups excluding carboxylic acids is 1. The molecule has 2 aliphatic heterocycles. The first kappa shape index (κ1) is 23.1. The highest BCUT2D eigenvalue weighted by molar-refractivity contribution is 6.30. The summed E-state index contributed by atoms with van der Waals surface area (Å²) in [5, 5.41) is 23.6. The number of likely N-dealkylation sites (tertiary alicyclic amines) is 2. The van der Waals surface area contributed by atoms with Crippen molar-refractivity contribution in [1.82, 2.24) is 9.80 Å². The van der Waals surface area contributed by atoms with E-state index in [2.05, 4.69) is 4.90 Å². The van der Waals surface area contributed by atoms with Crippen LogP contribution >= 0.6 is 11.6 Å². The molecule has 2 aliphatic carbocycles. The van der Waals surface area contributed by atoms with Gasteiger partial charge in [0.05, 0.1) is 5.60 Å². The quantitative estimate of drug-likeness (QED) is 0.662. The van der Waals surface area contributed by atoms with E-state index in [0.29, 0.717) is 31.0 Å². The standard InChI is InChI=1S/C28H34ClN3O3/c1-30(22-7-5-21(29)6-8-22)26(34)31-13-10-27-11-14-32(18-19-2-3-19)25(28(27,35)12-15-31)16-20-4-9-23(33)17-24(20)27/h4-9,17,19,25,33,35H,2-3,10-16,18H2,1H3/t25-,27+,28-/m1/s1. The molecule has 2 heterocycles. The molecule has 6 nitrogen and oxygen atoms in total. The first-order valence-corrected chi connectivity index (χ1v) is 13.3. The minimum Gasteiger partial charge on any atom is -0.508 e. The molecule has 0 radical (unpaired) electrons. The number of phenols is 1. The maximum Gasteiger partial charge on any atom is 0.324 e. The van der Waals surface area contributed by atoms with Crippen LogP contribution in [-0.2, 0) is 11.8 Å². The van der Waals surface area contributed by atoms with Crippen molar-refractivity contribution in [1.29, 1.82) is 0 Å². The summed E-state index contributed by atoms with van der Waals surface area (Å²) in [7, 11) is 1.79. The number of rotatable bonds is 3. The first-order valence-electron chi connectivity index (χ1n) is 12.9. The molecule has 2 aromatic carbocycles. The summed E-state index contributed by atoms with van der Waals surface area (Å²) < 4.78 is 0. The number of amides is 2. The van der Waals surface area contributed by atoms with Crippen LogP contribution in [0.1, 0.15) is 43.2 Å². The van der Waals surface area contributed by atoms with Gasteiger partial charge in [0, 0.05) is 48.8 Å². The average molecular weight is 496 g/mol. The number of anilines is 1. The van der Waals surface area contributed by atoms with Crippen LogP contribution in [0.5, 0.6) is 5.75 Å². The van der Waals surface area contributed by atoms with Crippen molar-refractivity contribution in [3.8, 4) is 5.75 Å². The fourth-order valence-corrected chi connectivity index (χ4v) is 7.17. The van der Waals surface area contributed by atoms with Crippen molar-refractivity contribution >= 4 is 23.3 Å². The smallest absolute Gasteiger partial charge is 0.324 e. The number of hydrogen-bond acceptors (Lipinski definition) is 4. The number of carbonyl (C=O) groups is 1. The van der Waals surface area contributed by atoms with Gasteiger partial charge in [-0.25, -0.2) is 4.79 Å². The number of halogens is 1. The molecule has 2 saturated heterocycles. The molecular weight excluding hydrogens is 462 g/mol. The molecule has 2 aromatic rings. The van der Waals surface area contributed by atoms with Crippen molar-refractivity contribution in [3.63, 3.8) is 0 Å².